The minimum Gasteiger partial charge on any atom is -0.364 e. The molecule has 1 aromatic heterocycles. The van der Waals surface area contributed by atoms with Crippen molar-refractivity contribution in [3.8, 4) is 0 Å². The summed E-state index contributed by atoms with van der Waals surface area (Å²) in [6.45, 7) is 11.2. The maximum atomic E-state index is 12.6. The molecule has 2 fully saturated rings. The molecule has 0 atom stereocenters. The predicted octanol–water partition coefficient (Wildman–Crippen LogP) is 0.960. The zero-order valence-corrected chi connectivity index (χ0v) is 18.6. The van der Waals surface area contributed by atoms with Crippen LogP contribution in [0.25, 0.3) is 0 Å². The molecule has 1 saturated heterocycles. The highest BCUT2D eigenvalue weighted by atomic mass is 32.2. The van der Waals surface area contributed by atoms with Crippen LogP contribution in [0.1, 0.15) is 39.3 Å². The first kappa shape index (κ1) is 22.0. The van der Waals surface area contributed by atoms with Gasteiger partial charge in [-0.15, -0.1) is 0 Å². The van der Waals surface area contributed by atoms with Crippen molar-refractivity contribution in [1.29, 1.82) is 0 Å². The molecular weight excluding hydrogens is 392 g/mol. The van der Waals surface area contributed by atoms with E-state index in [-0.39, 0.29) is 5.75 Å². The number of nitrogens with zero attached hydrogens (tertiary/aromatic N) is 5. The van der Waals surface area contributed by atoms with Crippen LogP contribution in [-0.4, -0.2) is 91.5 Å². The highest BCUT2D eigenvalue weighted by Gasteiger charge is 2.31. The van der Waals surface area contributed by atoms with E-state index in [0.29, 0.717) is 37.9 Å². The summed E-state index contributed by atoms with van der Waals surface area (Å²) >= 11 is 0. The van der Waals surface area contributed by atoms with Gasteiger partial charge in [0.05, 0.1) is 12.2 Å². The molecule has 0 bridgehead atoms. The number of nitrogens with one attached hydrogen (secondary N) is 1. The van der Waals surface area contributed by atoms with Gasteiger partial charge in [0.1, 0.15) is 12.0 Å². The third kappa shape index (κ3) is 6.16. The van der Waals surface area contributed by atoms with Crippen LogP contribution in [0.15, 0.2) is 21.8 Å². The van der Waals surface area contributed by atoms with E-state index in [4.69, 9.17) is 9.52 Å². The molecule has 29 heavy (non-hydrogen) atoms. The summed E-state index contributed by atoms with van der Waals surface area (Å²) in [4.78, 5) is 9.50. The van der Waals surface area contributed by atoms with E-state index in [0.717, 1.165) is 31.6 Å². The van der Waals surface area contributed by atoms with Crippen molar-refractivity contribution in [2.24, 2.45) is 4.99 Å². The van der Waals surface area contributed by atoms with Crippen LogP contribution in [0, 0.1) is 0 Å². The van der Waals surface area contributed by atoms with Crippen LogP contribution in [0.4, 0.5) is 0 Å². The van der Waals surface area contributed by atoms with Crippen LogP contribution >= 0.6 is 0 Å². The molecule has 1 saturated carbocycles. The third-order valence-corrected chi connectivity index (χ3v) is 7.20. The summed E-state index contributed by atoms with van der Waals surface area (Å²) in [5.74, 6) is 0.754. The Hall–Kier alpha value is -1.65. The molecule has 0 unspecified atom stereocenters. The quantitative estimate of drug-likeness (QED) is 0.464. The van der Waals surface area contributed by atoms with E-state index in [2.05, 4.69) is 41.0 Å². The van der Waals surface area contributed by atoms with E-state index < -0.39 is 10.0 Å². The van der Waals surface area contributed by atoms with E-state index in [1.807, 2.05) is 0 Å². The van der Waals surface area contributed by atoms with E-state index in [1.165, 1.54) is 23.4 Å². The summed E-state index contributed by atoms with van der Waals surface area (Å²) in [5, 5.41) is 7.07. The largest absolute Gasteiger partial charge is 0.364 e. The van der Waals surface area contributed by atoms with Crippen molar-refractivity contribution in [1.82, 2.24) is 24.6 Å². The Morgan fingerprint density at radius 3 is 2.62 bits per heavy atom. The van der Waals surface area contributed by atoms with Gasteiger partial charge in [0.2, 0.25) is 10.0 Å². The second-order valence-electron chi connectivity index (χ2n) is 7.93. The second-order valence-corrected chi connectivity index (χ2v) is 9.90. The van der Waals surface area contributed by atoms with Gasteiger partial charge < -0.3 is 14.7 Å². The number of piperazine rings is 1. The molecule has 10 heteroatoms. The Morgan fingerprint density at radius 1 is 1.34 bits per heavy atom. The standard InChI is InChI=1S/C19H34N6O3S/c1-4-20-19(21-8-9-25(16(2)3)18-5-6-18)23-10-12-24(13-11-23)29(26,27)15-17-7-14-28-22-17/h7,14,16,18H,4-6,8-13,15H2,1-3H3,(H,20,21). The lowest BCUT2D eigenvalue weighted by Gasteiger charge is -2.36. The van der Waals surface area contributed by atoms with Crippen molar-refractivity contribution < 1.29 is 12.9 Å². The Bertz CT molecular complexity index is 751. The van der Waals surface area contributed by atoms with Crippen LogP contribution in [-0.2, 0) is 15.8 Å². The molecule has 1 aliphatic carbocycles. The zero-order chi connectivity index (χ0) is 20.9. The maximum absolute atomic E-state index is 12.6. The van der Waals surface area contributed by atoms with Gasteiger partial charge in [0, 0.05) is 57.4 Å². The summed E-state index contributed by atoms with van der Waals surface area (Å²) in [5.41, 5.74) is 0.438. The molecule has 1 aromatic rings. The Morgan fingerprint density at radius 2 is 2.07 bits per heavy atom. The molecule has 0 aromatic carbocycles. The number of guanidine groups is 1. The van der Waals surface area contributed by atoms with Crippen LogP contribution in [0.3, 0.4) is 0 Å². The minimum atomic E-state index is -3.39. The number of aliphatic imine (C=N–C) groups is 1. The van der Waals surface area contributed by atoms with Gasteiger partial charge in [0.15, 0.2) is 5.96 Å². The first-order valence-electron chi connectivity index (χ1n) is 10.6. The molecule has 0 amide bonds. The molecule has 3 rings (SSSR count). The number of rotatable bonds is 9. The van der Waals surface area contributed by atoms with Gasteiger partial charge in [-0.25, -0.2) is 8.42 Å². The summed E-state index contributed by atoms with van der Waals surface area (Å²) in [6, 6.07) is 2.86. The van der Waals surface area contributed by atoms with Crippen LogP contribution < -0.4 is 5.32 Å². The molecule has 164 valence electrons. The molecular formula is C19H34N6O3S. The molecule has 1 aliphatic heterocycles. The van der Waals surface area contributed by atoms with Gasteiger partial charge in [-0.2, -0.15) is 4.31 Å². The number of hydrogen-bond donors (Lipinski definition) is 1. The Kier molecular flexibility index (Phi) is 7.53. The first-order valence-corrected chi connectivity index (χ1v) is 12.2. The average molecular weight is 427 g/mol. The highest BCUT2D eigenvalue weighted by molar-refractivity contribution is 7.88. The fourth-order valence-corrected chi connectivity index (χ4v) is 5.16. The molecule has 1 N–H and O–H groups in total. The molecule has 2 aliphatic rings. The normalized spacial score (nSPS) is 19.3. The second kappa shape index (κ2) is 9.90. The van der Waals surface area contributed by atoms with Gasteiger partial charge in [-0.05, 0) is 33.6 Å². The Labute approximate surface area is 174 Å². The number of hydrogen-bond acceptors (Lipinski definition) is 6. The number of aromatic nitrogens is 1. The predicted molar refractivity (Wildman–Crippen MR) is 113 cm³/mol. The zero-order valence-electron chi connectivity index (χ0n) is 17.7. The lowest BCUT2D eigenvalue weighted by atomic mass is 10.3. The van der Waals surface area contributed by atoms with Gasteiger partial charge >= 0.3 is 0 Å². The fraction of sp³-hybridized carbons (Fsp3) is 0.789. The van der Waals surface area contributed by atoms with E-state index >= 15 is 0 Å². The molecule has 2 heterocycles. The fourth-order valence-electron chi connectivity index (χ4n) is 3.73. The third-order valence-electron chi connectivity index (χ3n) is 5.39. The molecule has 0 radical (unpaired) electrons. The maximum Gasteiger partial charge on any atom is 0.220 e. The molecule has 9 nitrogen and oxygen atoms in total. The lowest BCUT2D eigenvalue weighted by Crippen LogP contribution is -2.54. The molecule has 0 spiro atoms. The number of sulfonamides is 1. The van der Waals surface area contributed by atoms with E-state index in [1.54, 1.807) is 6.07 Å². The van der Waals surface area contributed by atoms with Crippen molar-refractivity contribution in [3.63, 3.8) is 0 Å². The highest BCUT2D eigenvalue weighted by Crippen LogP contribution is 2.28. The van der Waals surface area contributed by atoms with Crippen molar-refractivity contribution in [2.75, 3.05) is 45.8 Å². The van der Waals surface area contributed by atoms with Gasteiger partial charge in [-0.1, -0.05) is 5.16 Å². The van der Waals surface area contributed by atoms with Gasteiger partial charge in [-0.3, -0.25) is 9.89 Å². The van der Waals surface area contributed by atoms with Crippen molar-refractivity contribution in [2.45, 2.75) is 51.4 Å². The summed E-state index contributed by atoms with van der Waals surface area (Å²) in [7, 11) is -3.39. The van der Waals surface area contributed by atoms with E-state index in [9.17, 15) is 8.42 Å². The van der Waals surface area contributed by atoms with Crippen LogP contribution in [0.2, 0.25) is 0 Å². The summed E-state index contributed by atoms with van der Waals surface area (Å²) in [6.07, 6.45) is 3.99. The first-order chi connectivity index (χ1) is 13.9. The monoisotopic (exact) mass is 426 g/mol. The minimum absolute atomic E-state index is 0.121. The Balaban J connectivity index is 1.53. The van der Waals surface area contributed by atoms with Crippen LogP contribution in [0.5, 0.6) is 0 Å². The summed E-state index contributed by atoms with van der Waals surface area (Å²) < 4.78 is 31.5. The van der Waals surface area contributed by atoms with Crippen molar-refractivity contribution in [3.05, 3.63) is 18.0 Å². The lowest BCUT2D eigenvalue weighted by molar-refractivity contribution is 0.217. The topological polar surface area (TPSA) is 94.3 Å². The van der Waals surface area contributed by atoms with Crippen molar-refractivity contribution >= 4 is 16.0 Å². The smallest absolute Gasteiger partial charge is 0.220 e. The average Bonchev–Trinajstić information content (AvgIpc) is 3.40. The van der Waals surface area contributed by atoms with Gasteiger partial charge in [0.25, 0.3) is 0 Å². The SMILES string of the molecule is CCNC(=NCCN(C(C)C)C1CC1)N1CCN(S(=O)(=O)Cc2ccon2)CC1.